The van der Waals surface area contributed by atoms with Gasteiger partial charge in [0.2, 0.25) is 0 Å². The topological polar surface area (TPSA) is 147 Å². The maximum atomic E-state index is 11.1. The first-order valence-electron chi connectivity index (χ1n) is 14.8. The van der Waals surface area contributed by atoms with Crippen molar-refractivity contribution < 1.29 is 44.0 Å². The Hall–Kier alpha value is -4.24. The third-order valence-corrected chi connectivity index (χ3v) is 5.29. The lowest BCUT2D eigenvalue weighted by molar-refractivity contribution is -0.140. The lowest BCUT2D eigenvalue weighted by Crippen LogP contribution is -2.14. The van der Waals surface area contributed by atoms with Crippen molar-refractivity contribution in [3.8, 4) is 0 Å². The van der Waals surface area contributed by atoms with Gasteiger partial charge in [-0.05, 0) is 44.1 Å². The number of allylic oxidation sites excluding steroid dienone is 1. The zero-order valence-electron chi connectivity index (χ0n) is 28.1. The van der Waals surface area contributed by atoms with Gasteiger partial charge in [0, 0.05) is 23.3 Å². The van der Waals surface area contributed by atoms with Crippen molar-refractivity contribution in [2.45, 2.75) is 73.6 Å². The predicted molar refractivity (Wildman–Crippen MR) is 183 cm³/mol. The molecule has 0 aliphatic heterocycles. The quantitative estimate of drug-likeness (QED) is 0.131. The summed E-state index contributed by atoms with van der Waals surface area (Å²) in [5.41, 5.74) is 2.09. The van der Waals surface area contributed by atoms with Gasteiger partial charge in [-0.25, -0.2) is 19.2 Å². The number of carboxylic acid groups (broad SMARTS) is 2. The monoisotopic (exact) mass is 632 g/mol. The van der Waals surface area contributed by atoms with Gasteiger partial charge in [0.25, 0.3) is 0 Å². The maximum Gasteiger partial charge on any atom is 0.333 e. The molecule has 0 radical (unpaired) electrons. The van der Waals surface area contributed by atoms with E-state index < -0.39 is 17.9 Å². The van der Waals surface area contributed by atoms with Crippen LogP contribution in [0.4, 0.5) is 0 Å². The number of ether oxygens (including phenoxy) is 2. The summed E-state index contributed by atoms with van der Waals surface area (Å²) in [5.74, 6) is -1.52. The molecule has 1 aromatic carbocycles. The maximum absolute atomic E-state index is 11.1. The highest BCUT2D eigenvalue weighted by atomic mass is 16.5. The number of aliphatic hydroxyl groups excluding tert-OH is 1. The third-order valence-electron chi connectivity index (χ3n) is 5.29. The highest BCUT2D eigenvalue weighted by Crippen LogP contribution is 2.13. The van der Waals surface area contributed by atoms with Crippen molar-refractivity contribution in [1.29, 1.82) is 0 Å². The molecule has 0 aliphatic carbocycles. The molecule has 0 heterocycles. The molecule has 0 saturated heterocycles. The molecule has 9 heteroatoms. The van der Waals surface area contributed by atoms with Crippen LogP contribution in [0.1, 0.15) is 79.2 Å². The molecule has 9 nitrogen and oxygen atoms in total. The lowest BCUT2D eigenvalue weighted by Gasteiger charge is -2.14. The van der Waals surface area contributed by atoms with Crippen LogP contribution in [0.15, 0.2) is 86.0 Å². The second-order valence-electron chi connectivity index (χ2n) is 9.87. The molecule has 0 bridgehead atoms. The smallest absolute Gasteiger partial charge is 0.333 e. The first kappa shape index (κ1) is 47.7. The van der Waals surface area contributed by atoms with Gasteiger partial charge in [0.15, 0.2) is 0 Å². The summed E-state index contributed by atoms with van der Waals surface area (Å²) in [5, 5.41) is 24.1. The van der Waals surface area contributed by atoms with Gasteiger partial charge in [-0.2, -0.15) is 0 Å². The number of carboxylic acids is 2. The van der Waals surface area contributed by atoms with E-state index in [9.17, 15) is 19.2 Å². The SMILES string of the molecule is C/C(=C\CC(C)C)C(=O)O.C=C(C)C(=O)OCC(CC)CCCC.C=CC(=O)O.C=CC(=O)OCCO.C=Cc1ccccc1. The first-order valence-corrected chi connectivity index (χ1v) is 14.8. The van der Waals surface area contributed by atoms with Crippen LogP contribution < -0.4 is 0 Å². The summed E-state index contributed by atoms with van der Waals surface area (Å²) in [7, 11) is 0. The van der Waals surface area contributed by atoms with Crippen LogP contribution in [0.25, 0.3) is 6.08 Å². The van der Waals surface area contributed by atoms with E-state index >= 15 is 0 Å². The Bertz CT molecular complexity index is 1010. The van der Waals surface area contributed by atoms with Crippen molar-refractivity contribution in [3.05, 3.63) is 91.6 Å². The average Bonchev–Trinajstić information content (AvgIpc) is 3.03. The van der Waals surface area contributed by atoms with Crippen LogP contribution in [0.3, 0.4) is 0 Å². The highest BCUT2D eigenvalue weighted by Gasteiger charge is 2.09. The number of carbonyl (C=O) groups excluding carboxylic acids is 2. The molecule has 45 heavy (non-hydrogen) atoms. The van der Waals surface area contributed by atoms with Crippen LogP contribution in [0, 0.1) is 11.8 Å². The van der Waals surface area contributed by atoms with Crippen molar-refractivity contribution >= 4 is 30.0 Å². The van der Waals surface area contributed by atoms with Crippen LogP contribution in [0.5, 0.6) is 0 Å². The summed E-state index contributed by atoms with van der Waals surface area (Å²) < 4.78 is 9.45. The second-order valence-corrected chi connectivity index (χ2v) is 9.87. The van der Waals surface area contributed by atoms with Gasteiger partial charge in [0.05, 0.1) is 13.2 Å². The number of benzene rings is 1. The molecule has 1 atom stereocenters. The zero-order valence-corrected chi connectivity index (χ0v) is 28.1. The Morgan fingerprint density at radius 1 is 0.933 bits per heavy atom. The number of carbonyl (C=O) groups is 4. The van der Waals surface area contributed by atoms with Crippen molar-refractivity contribution in [3.63, 3.8) is 0 Å². The van der Waals surface area contributed by atoms with E-state index in [1.54, 1.807) is 19.9 Å². The molecule has 1 unspecified atom stereocenters. The van der Waals surface area contributed by atoms with Gasteiger partial charge < -0.3 is 24.8 Å². The number of aliphatic carboxylic acids is 2. The van der Waals surface area contributed by atoms with Crippen LogP contribution >= 0.6 is 0 Å². The minimum absolute atomic E-state index is 0.0465. The van der Waals surface area contributed by atoms with E-state index in [0.717, 1.165) is 31.4 Å². The Balaban J connectivity index is -0.000000242. The van der Waals surface area contributed by atoms with Gasteiger partial charge in [-0.3, -0.25) is 0 Å². The fourth-order valence-electron chi connectivity index (χ4n) is 2.51. The van der Waals surface area contributed by atoms with E-state index in [2.05, 4.69) is 58.7 Å². The number of esters is 2. The number of rotatable bonds is 15. The number of hydrogen-bond donors (Lipinski definition) is 3. The Morgan fingerprint density at radius 3 is 1.82 bits per heavy atom. The van der Waals surface area contributed by atoms with E-state index in [1.165, 1.54) is 18.4 Å². The second kappa shape index (κ2) is 34.3. The largest absolute Gasteiger partial charge is 0.478 e. The fraction of sp³-hybridized carbons (Fsp3) is 0.444. The van der Waals surface area contributed by atoms with Crippen molar-refractivity contribution in [1.82, 2.24) is 0 Å². The third kappa shape index (κ3) is 39.8. The van der Waals surface area contributed by atoms with E-state index in [0.29, 0.717) is 29.6 Å². The molecule has 0 aliphatic rings. The van der Waals surface area contributed by atoms with Crippen molar-refractivity contribution in [2.75, 3.05) is 19.8 Å². The zero-order chi connectivity index (χ0) is 35.6. The molecule has 1 aromatic rings. The molecule has 0 aromatic heterocycles. The molecule has 0 amide bonds. The molecular formula is C36H56O9. The molecule has 0 saturated carbocycles. The highest BCUT2D eigenvalue weighted by molar-refractivity contribution is 5.87. The Labute approximate surface area is 270 Å². The lowest BCUT2D eigenvalue weighted by atomic mass is 10.0. The molecule has 0 fully saturated rings. The molecule has 254 valence electrons. The van der Waals surface area contributed by atoms with Crippen molar-refractivity contribution in [2.24, 2.45) is 11.8 Å². The standard InChI is InChI=1S/C12H22O2.C8H14O2.C8H8.C5H8O3.C3H4O2/c1-5-7-8-11(6-2)9-14-12(13)10(3)4;1-6(2)4-5-7(3)8(9)10;1-2-8-6-4-3-5-7-8;1-2-5(7)8-4-3-6;1-2-3(4)5/h11H,3,5-9H2,1-2,4H3;5-6H,4H2,1-3H3,(H,9,10);2-7H,1H2;2,6H,1,3-4H2;2H,1H2,(H,4,5)/b;7-5+;;;. The minimum Gasteiger partial charge on any atom is -0.478 e. The summed E-state index contributed by atoms with van der Waals surface area (Å²) in [4.78, 5) is 40.7. The molecule has 3 N–H and O–H groups in total. The first-order chi connectivity index (χ1) is 21.2. The average molecular weight is 633 g/mol. The van der Waals surface area contributed by atoms with Gasteiger partial charge in [0.1, 0.15) is 6.61 Å². The van der Waals surface area contributed by atoms with Gasteiger partial charge in [-0.1, -0.05) is 116 Å². The summed E-state index contributed by atoms with van der Waals surface area (Å²) in [6.07, 6.45) is 11.0. The Kier molecular flexibility index (Phi) is 36.3. The molecular weight excluding hydrogens is 576 g/mol. The summed E-state index contributed by atoms with van der Waals surface area (Å²) in [6, 6.07) is 10.0. The summed E-state index contributed by atoms with van der Waals surface area (Å²) in [6.45, 7) is 25.5. The number of unbranched alkanes of at least 4 members (excludes halogenated alkanes) is 1. The summed E-state index contributed by atoms with van der Waals surface area (Å²) >= 11 is 0. The van der Waals surface area contributed by atoms with Crippen LogP contribution in [-0.4, -0.2) is 59.0 Å². The molecule has 0 spiro atoms. The fourth-order valence-corrected chi connectivity index (χ4v) is 2.51. The van der Waals surface area contributed by atoms with Gasteiger partial charge in [-0.15, -0.1) is 0 Å². The van der Waals surface area contributed by atoms with E-state index in [4.69, 9.17) is 20.1 Å². The minimum atomic E-state index is -0.981. The molecule has 1 rings (SSSR count). The van der Waals surface area contributed by atoms with Crippen LogP contribution in [-0.2, 0) is 28.7 Å². The van der Waals surface area contributed by atoms with E-state index in [1.807, 2.05) is 36.4 Å². The number of aliphatic hydroxyl groups is 1. The normalized spacial score (nSPS) is 10.2. The number of hydrogen-bond acceptors (Lipinski definition) is 7. The predicted octanol–water partition coefficient (Wildman–Crippen LogP) is 7.68. The van der Waals surface area contributed by atoms with E-state index in [-0.39, 0.29) is 19.2 Å². The Morgan fingerprint density at radius 2 is 1.49 bits per heavy atom. The van der Waals surface area contributed by atoms with Gasteiger partial charge >= 0.3 is 23.9 Å². The van der Waals surface area contributed by atoms with Crippen LogP contribution in [0.2, 0.25) is 0 Å².